The number of para-hydroxylation sites is 1. The molecule has 1 heterocycles. The standard InChI is InChI=1S/C27H23ClN2O4/c1-3-7-20-14-19(15-23-26(31)29-30(27(23)32)22-8-5-4-6-9-22)16-24(33-2)25(20)34-17-18-10-12-21(28)13-11-18/h3-6,8-16H,1,7,17H2,2H3,(H,29,31). The number of carbonyl (C=O) groups excluding carboxylic acids is 2. The number of ether oxygens (including phenoxy) is 2. The van der Waals surface area contributed by atoms with Crippen molar-refractivity contribution >= 4 is 35.2 Å². The molecule has 34 heavy (non-hydrogen) atoms. The lowest BCUT2D eigenvalue weighted by Gasteiger charge is -2.16. The number of anilines is 1. The minimum Gasteiger partial charge on any atom is -0.493 e. The number of halogens is 1. The van der Waals surface area contributed by atoms with Crippen molar-refractivity contribution in [2.45, 2.75) is 13.0 Å². The van der Waals surface area contributed by atoms with Gasteiger partial charge < -0.3 is 9.47 Å². The van der Waals surface area contributed by atoms with Gasteiger partial charge in [0.05, 0.1) is 12.8 Å². The van der Waals surface area contributed by atoms with Crippen molar-refractivity contribution in [2.75, 3.05) is 12.1 Å². The number of benzene rings is 3. The number of hydrogen-bond donors (Lipinski definition) is 1. The highest BCUT2D eigenvalue weighted by Crippen LogP contribution is 2.35. The Hall–Kier alpha value is -4.03. The Balaban J connectivity index is 1.64. The largest absolute Gasteiger partial charge is 0.493 e. The molecule has 0 saturated carbocycles. The lowest BCUT2D eigenvalue weighted by molar-refractivity contribution is -0.117. The first-order valence-electron chi connectivity index (χ1n) is 10.6. The van der Waals surface area contributed by atoms with E-state index in [0.717, 1.165) is 11.1 Å². The number of hydrogen-bond acceptors (Lipinski definition) is 4. The summed E-state index contributed by atoms with van der Waals surface area (Å²) in [6.07, 6.45) is 3.82. The van der Waals surface area contributed by atoms with Gasteiger partial charge in [0.2, 0.25) is 0 Å². The average Bonchev–Trinajstić information content (AvgIpc) is 3.13. The van der Waals surface area contributed by atoms with Gasteiger partial charge in [-0.25, -0.2) is 5.01 Å². The van der Waals surface area contributed by atoms with Crippen molar-refractivity contribution in [2.24, 2.45) is 0 Å². The van der Waals surface area contributed by atoms with Crippen LogP contribution in [0.15, 0.2) is 85.0 Å². The quantitative estimate of drug-likeness (QED) is 0.279. The zero-order chi connectivity index (χ0) is 24.1. The molecule has 1 saturated heterocycles. The van der Waals surface area contributed by atoms with E-state index >= 15 is 0 Å². The summed E-state index contributed by atoms with van der Waals surface area (Å²) in [5, 5.41) is 1.89. The van der Waals surface area contributed by atoms with Gasteiger partial charge in [-0.1, -0.05) is 48.0 Å². The van der Waals surface area contributed by atoms with E-state index in [9.17, 15) is 9.59 Å². The predicted octanol–water partition coefficient (Wildman–Crippen LogP) is 5.12. The Morgan fingerprint density at radius 3 is 2.47 bits per heavy atom. The van der Waals surface area contributed by atoms with Gasteiger partial charge in [0.25, 0.3) is 11.8 Å². The van der Waals surface area contributed by atoms with E-state index in [1.165, 1.54) is 5.01 Å². The van der Waals surface area contributed by atoms with Gasteiger partial charge in [-0.05, 0) is 60.0 Å². The van der Waals surface area contributed by atoms with Crippen LogP contribution in [0.2, 0.25) is 5.02 Å². The summed E-state index contributed by atoms with van der Waals surface area (Å²) in [5.74, 6) is 0.170. The van der Waals surface area contributed by atoms with Crippen LogP contribution in [0.5, 0.6) is 11.5 Å². The number of nitrogens with zero attached hydrogens (tertiary/aromatic N) is 1. The van der Waals surface area contributed by atoms with Gasteiger partial charge in [0.1, 0.15) is 12.2 Å². The van der Waals surface area contributed by atoms with Gasteiger partial charge in [0, 0.05) is 10.6 Å². The van der Waals surface area contributed by atoms with Crippen molar-refractivity contribution < 1.29 is 19.1 Å². The molecule has 6 nitrogen and oxygen atoms in total. The lowest BCUT2D eigenvalue weighted by atomic mass is 10.0. The molecular weight excluding hydrogens is 452 g/mol. The molecule has 1 aliphatic heterocycles. The summed E-state index contributed by atoms with van der Waals surface area (Å²) in [6, 6.07) is 19.9. The first-order chi connectivity index (χ1) is 16.5. The maximum Gasteiger partial charge on any atom is 0.282 e. The third-order valence-corrected chi connectivity index (χ3v) is 5.50. The molecule has 0 aliphatic carbocycles. The number of allylic oxidation sites excluding steroid dienone is 1. The second kappa shape index (κ2) is 10.3. The van der Waals surface area contributed by atoms with E-state index in [2.05, 4.69) is 12.0 Å². The molecule has 1 aliphatic rings. The van der Waals surface area contributed by atoms with E-state index < -0.39 is 11.8 Å². The van der Waals surface area contributed by atoms with E-state index in [1.54, 1.807) is 61.7 Å². The fourth-order valence-electron chi connectivity index (χ4n) is 3.61. The summed E-state index contributed by atoms with van der Waals surface area (Å²) in [4.78, 5) is 25.5. The smallest absolute Gasteiger partial charge is 0.282 e. The van der Waals surface area contributed by atoms with Crippen molar-refractivity contribution in [3.63, 3.8) is 0 Å². The van der Waals surface area contributed by atoms with Crippen LogP contribution < -0.4 is 19.9 Å². The molecular formula is C27H23ClN2O4. The summed E-state index contributed by atoms with van der Waals surface area (Å²) in [6.45, 7) is 4.15. The summed E-state index contributed by atoms with van der Waals surface area (Å²) < 4.78 is 11.7. The number of amides is 2. The maximum absolute atomic E-state index is 12.9. The van der Waals surface area contributed by atoms with Crippen LogP contribution in [0.4, 0.5) is 5.69 Å². The topological polar surface area (TPSA) is 67.9 Å². The van der Waals surface area contributed by atoms with Crippen molar-refractivity contribution in [3.8, 4) is 11.5 Å². The molecule has 3 aromatic carbocycles. The highest BCUT2D eigenvalue weighted by atomic mass is 35.5. The monoisotopic (exact) mass is 474 g/mol. The fourth-order valence-corrected chi connectivity index (χ4v) is 3.73. The van der Waals surface area contributed by atoms with Crippen LogP contribution in [0, 0.1) is 0 Å². The summed E-state index contributed by atoms with van der Waals surface area (Å²) >= 11 is 5.96. The van der Waals surface area contributed by atoms with Crippen LogP contribution in [0.3, 0.4) is 0 Å². The SMILES string of the molecule is C=CCc1cc(C=C2C(=O)NN(c3ccccc3)C2=O)cc(OC)c1OCc1ccc(Cl)cc1. The van der Waals surface area contributed by atoms with E-state index in [0.29, 0.717) is 40.8 Å². The van der Waals surface area contributed by atoms with E-state index in [1.807, 2.05) is 24.3 Å². The van der Waals surface area contributed by atoms with Crippen LogP contribution >= 0.6 is 11.6 Å². The summed E-state index contributed by atoms with van der Waals surface area (Å²) in [5.41, 5.74) is 5.64. The van der Waals surface area contributed by atoms with Gasteiger partial charge in [-0.15, -0.1) is 6.58 Å². The zero-order valence-corrected chi connectivity index (χ0v) is 19.3. The zero-order valence-electron chi connectivity index (χ0n) is 18.6. The second-order valence-electron chi connectivity index (χ2n) is 7.59. The van der Waals surface area contributed by atoms with Crippen LogP contribution in [-0.2, 0) is 22.6 Å². The van der Waals surface area contributed by atoms with Gasteiger partial charge in [-0.3, -0.25) is 15.0 Å². The lowest BCUT2D eigenvalue weighted by Crippen LogP contribution is -2.35. The number of hydrazine groups is 1. The fraction of sp³-hybridized carbons (Fsp3) is 0.111. The Labute approximate surface area is 203 Å². The van der Waals surface area contributed by atoms with Crippen molar-refractivity contribution in [1.82, 2.24) is 5.43 Å². The highest BCUT2D eigenvalue weighted by Gasteiger charge is 2.34. The Morgan fingerprint density at radius 2 is 1.79 bits per heavy atom. The Kier molecular flexibility index (Phi) is 6.99. The number of rotatable bonds is 8. The molecule has 0 aromatic heterocycles. The molecule has 1 fully saturated rings. The maximum atomic E-state index is 12.9. The molecule has 172 valence electrons. The Morgan fingerprint density at radius 1 is 1.06 bits per heavy atom. The summed E-state index contributed by atoms with van der Waals surface area (Å²) in [7, 11) is 1.55. The molecule has 7 heteroatoms. The number of carbonyl (C=O) groups is 2. The number of methoxy groups -OCH3 is 1. The molecule has 0 unspecified atom stereocenters. The third kappa shape index (κ3) is 4.97. The van der Waals surface area contributed by atoms with Crippen molar-refractivity contribution in [3.05, 3.63) is 107 Å². The van der Waals surface area contributed by atoms with Crippen LogP contribution in [0.1, 0.15) is 16.7 Å². The third-order valence-electron chi connectivity index (χ3n) is 5.25. The molecule has 0 radical (unpaired) electrons. The Bertz CT molecular complexity index is 1250. The first-order valence-corrected chi connectivity index (χ1v) is 11.0. The molecule has 3 aromatic rings. The molecule has 1 N–H and O–H groups in total. The van der Waals surface area contributed by atoms with Crippen LogP contribution in [-0.4, -0.2) is 18.9 Å². The molecule has 4 rings (SSSR count). The predicted molar refractivity (Wildman–Crippen MR) is 133 cm³/mol. The number of nitrogens with one attached hydrogen (secondary N) is 1. The van der Waals surface area contributed by atoms with Gasteiger partial charge in [0.15, 0.2) is 11.5 Å². The molecule has 0 spiro atoms. The van der Waals surface area contributed by atoms with Crippen LogP contribution in [0.25, 0.3) is 6.08 Å². The normalized spacial score (nSPS) is 14.3. The van der Waals surface area contributed by atoms with Gasteiger partial charge >= 0.3 is 0 Å². The van der Waals surface area contributed by atoms with Crippen molar-refractivity contribution in [1.29, 1.82) is 0 Å². The first kappa shape index (κ1) is 23.1. The molecule has 0 bridgehead atoms. The second-order valence-corrected chi connectivity index (χ2v) is 8.03. The van der Waals surface area contributed by atoms with Gasteiger partial charge in [-0.2, -0.15) is 0 Å². The average molecular weight is 475 g/mol. The van der Waals surface area contributed by atoms with E-state index in [-0.39, 0.29) is 5.57 Å². The minimum absolute atomic E-state index is 0.0327. The highest BCUT2D eigenvalue weighted by molar-refractivity contribution is 6.31. The minimum atomic E-state index is -0.471. The molecule has 0 atom stereocenters. The van der Waals surface area contributed by atoms with E-state index in [4.69, 9.17) is 21.1 Å². The molecule has 2 amide bonds.